The van der Waals surface area contributed by atoms with Crippen LogP contribution in [0, 0.1) is 0 Å². The summed E-state index contributed by atoms with van der Waals surface area (Å²) in [6.45, 7) is 4.21. The SMILES string of the molecule is CC(C)(CO)NCc1nc(N)ccc1CO.Cl.Cl. The Hall–Kier alpha value is -0.590. The predicted molar refractivity (Wildman–Crippen MR) is 77.1 cm³/mol. The number of nitrogen functional groups attached to an aromatic ring is 1. The fourth-order valence-electron chi connectivity index (χ4n) is 1.22. The number of halogens is 2. The van der Waals surface area contributed by atoms with Crippen LogP contribution in [0.1, 0.15) is 25.1 Å². The van der Waals surface area contributed by atoms with Crippen molar-refractivity contribution in [3.05, 3.63) is 23.4 Å². The molecule has 0 aliphatic heterocycles. The van der Waals surface area contributed by atoms with Crippen LogP contribution in [-0.2, 0) is 13.2 Å². The molecule has 5 nitrogen and oxygen atoms in total. The van der Waals surface area contributed by atoms with Gasteiger partial charge >= 0.3 is 0 Å². The highest BCUT2D eigenvalue weighted by molar-refractivity contribution is 5.85. The van der Waals surface area contributed by atoms with E-state index in [0.29, 0.717) is 18.1 Å². The molecule has 0 aliphatic rings. The zero-order chi connectivity index (χ0) is 12.2. The maximum atomic E-state index is 9.14. The molecule has 7 heteroatoms. The Labute approximate surface area is 120 Å². The molecule has 0 fully saturated rings. The van der Waals surface area contributed by atoms with Crippen molar-refractivity contribution >= 4 is 30.6 Å². The van der Waals surface area contributed by atoms with E-state index in [1.807, 2.05) is 13.8 Å². The summed E-state index contributed by atoms with van der Waals surface area (Å²) in [7, 11) is 0. The minimum absolute atomic E-state index is 0. The van der Waals surface area contributed by atoms with Gasteiger partial charge in [-0.15, -0.1) is 24.8 Å². The molecule has 0 aromatic carbocycles. The standard InChI is InChI=1S/C11H19N3O2.2ClH/c1-11(2,7-16)13-5-9-8(6-15)3-4-10(12)14-9;;/h3-4,13,15-16H,5-7H2,1-2H3,(H2,12,14);2*1H. The molecule has 18 heavy (non-hydrogen) atoms. The number of anilines is 1. The number of nitrogens with one attached hydrogen (secondary N) is 1. The van der Waals surface area contributed by atoms with Crippen LogP contribution in [0.25, 0.3) is 0 Å². The molecule has 0 aliphatic carbocycles. The van der Waals surface area contributed by atoms with Gasteiger partial charge in [-0.05, 0) is 19.9 Å². The van der Waals surface area contributed by atoms with Gasteiger partial charge < -0.3 is 21.3 Å². The molecule has 0 bridgehead atoms. The van der Waals surface area contributed by atoms with Crippen LogP contribution in [0.3, 0.4) is 0 Å². The number of hydrogen-bond acceptors (Lipinski definition) is 5. The molecule has 0 radical (unpaired) electrons. The molecule has 106 valence electrons. The van der Waals surface area contributed by atoms with Gasteiger partial charge in [0, 0.05) is 17.6 Å². The van der Waals surface area contributed by atoms with E-state index in [4.69, 9.17) is 15.9 Å². The lowest BCUT2D eigenvalue weighted by molar-refractivity contribution is 0.186. The van der Waals surface area contributed by atoms with E-state index in [2.05, 4.69) is 10.3 Å². The molecule has 1 rings (SSSR count). The topological polar surface area (TPSA) is 91.4 Å². The van der Waals surface area contributed by atoms with Gasteiger partial charge in [0.2, 0.25) is 0 Å². The van der Waals surface area contributed by atoms with E-state index in [1.54, 1.807) is 12.1 Å². The molecule has 5 N–H and O–H groups in total. The highest BCUT2D eigenvalue weighted by Crippen LogP contribution is 2.11. The summed E-state index contributed by atoms with van der Waals surface area (Å²) in [5.74, 6) is 0.427. The highest BCUT2D eigenvalue weighted by Gasteiger charge is 2.16. The molecule has 1 heterocycles. The maximum Gasteiger partial charge on any atom is 0.123 e. The first-order valence-corrected chi connectivity index (χ1v) is 5.19. The van der Waals surface area contributed by atoms with Crippen molar-refractivity contribution in [1.82, 2.24) is 10.3 Å². The Balaban J connectivity index is 0. The summed E-state index contributed by atoms with van der Waals surface area (Å²) in [4.78, 5) is 4.15. The van der Waals surface area contributed by atoms with Crippen molar-refractivity contribution in [2.45, 2.75) is 32.5 Å². The van der Waals surface area contributed by atoms with E-state index < -0.39 is 0 Å². The quantitative estimate of drug-likeness (QED) is 0.647. The summed E-state index contributed by atoms with van der Waals surface area (Å²) < 4.78 is 0. The molecule has 0 spiro atoms. The van der Waals surface area contributed by atoms with Crippen molar-refractivity contribution in [1.29, 1.82) is 0 Å². The first-order chi connectivity index (χ1) is 7.48. The molecule has 0 unspecified atom stereocenters. The minimum Gasteiger partial charge on any atom is -0.394 e. The Morgan fingerprint density at radius 3 is 2.39 bits per heavy atom. The Kier molecular flexibility index (Phi) is 9.32. The van der Waals surface area contributed by atoms with Crippen LogP contribution < -0.4 is 11.1 Å². The van der Waals surface area contributed by atoms with E-state index >= 15 is 0 Å². The summed E-state index contributed by atoms with van der Waals surface area (Å²) >= 11 is 0. The molecular weight excluding hydrogens is 277 g/mol. The number of aromatic nitrogens is 1. The number of aliphatic hydroxyl groups is 2. The first kappa shape index (κ1) is 19.7. The van der Waals surface area contributed by atoms with Gasteiger partial charge in [0.15, 0.2) is 0 Å². The Morgan fingerprint density at radius 1 is 1.28 bits per heavy atom. The summed E-state index contributed by atoms with van der Waals surface area (Å²) in [5, 5.41) is 21.4. The molecule has 1 aromatic rings. The van der Waals surface area contributed by atoms with Crippen LogP contribution in [0.15, 0.2) is 12.1 Å². The smallest absolute Gasteiger partial charge is 0.123 e. The van der Waals surface area contributed by atoms with Crippen LogP contribution in [-0.4, -0.2) is 27.3 Å². The monoisotopic (exact) mass is 297 g/mol. The molecule has 0 atom stereocenters. The van der Waals surface area contributed by atoms with Gasteiger partial charge in [0.05, 0.1) is 18.9 Å². The number of nitrogens with two attached hydrogens (primary N) is 1. The predicted octanol–water partition coefficient (Wildman–Crippen LogP) is 0.860. The molecular formula is C11H21Cl2N3O2. The number of pyridine rings is 1. The number of nitrogens with zero attached hydrogens (tertiary/aromatic N) is 1. The van der Waals surface area contributed by atoms with Crippen LogP contribution >= 0.6 is 24.8 Å². The summed E-state index contributed by atoms with van der Waals surface area (Å²) in [6.07, 6.45) is 0. The first-order valence-electron chi connectivity index (χ1n) is 5.19. The van der Waals surface area contributed by atoms with E-state index in [-0.39, 0.29) is 43.6 Å². The maximum absolute atomic E-state index is 9.14. The average molecular weight is 298 g/mol. The van der Waals surface area contributed by atoms with Gasteiger partial charge in [-0.2, -0.15) is 0 Å². The van der Waals surface area contributed by atoms with Gasteiger partial charge in [-0.3, -0.25) is 0 Å². The lowest BCUT2D eigenvalue weighted by atomic mass is 10.1. The second-order valence-corrected chi connectivity index (χ2v) is 4.40. The van der Waals surface area contributed by atoms with E-state index in [0.717, 1.165) is 5.56 Å². The summed E-state index contributed by atoms with van der Waals surface area (Å²) in [6, 6.07) is 3.41. The van der Waals surface area contributed by atoms with Crippen molar-refractivity contribution in [2.24, 2.45) is 0 Å². The lowest BCUT2D eigenvalue weighted by Crippen LogP contribution is -2.42. The fraction of sp³-hybridized carbons (Fsp3) is 0.545. The zero-order valence-electron chi connectivity index (χ0n) is 10.5. The van der Waals surface area contributed by atoms with Crippen molar-refractivity contribution < 1.29 is 10.2 Å². The third-order valence-corrected chi connectivity index (χ3v) is 2.39. The molecule has 0 saturated carbocycles. The van der Waals surface area contributed by atoms with Gasteiger partial charge in [-0.1, -0.05) is 6.07 Å². The van der Waals surface area contributed by atoms with Gasteiger partial charge in [0.25, 0.3) is 0 Å². The third-order valence-electron chi connectivity index (χ3n) is 2.39. The fourth-order valence-corrected chi connectivity index (χ4v) is 1.22. The van der Waals surface area contributed by atoms with Gasteiger partial charge in [0.1, 0.15) is 5.82 Å². The van der Waals surface area contributed by atoms with Crippen molar-refractivity contribution in [2.75, 3.05) is 12.3 Å². The third kappa shape index (κ3) is 5.84. The minimum atomic E-state index is -0.376. The zero-order valence-corrected chi connectivity index (χ0v) is 12.1. The normalized spacial score (nSPS) is 10.4. The van der Waals surface area contributed by atoms with Crippen molar-refractivity contribution in [3.8, 4) is 0 Å². The Bertz CT molecular complexity index is 362. The molecule has 0 saturated heterocycles. The average Bonchev–Trinajstić information content (AvgIpc) is 2.27. The second-order valence-electron chi connectivity index (χ2n) is 4.40. The second kappa shape index (κ2) is 8.50. The largest absolute Gasteiger partial charge is 0.394 e. The molecule has 1 aromatic heterocycles. The molecule has 0 amide bonds. The van der Waals surface area contributed by atoms with E-state index in [1.165, 1.54) is 0 Å². The number of aliphatic hydroxyl groups excluding tert-OH is 2. The van der Waals surface area contributed by atoms with E-state index in [9.17, 15) is 0 Å². The summed E-state index contributed by atoms with van der Waals surface area (Å²) in [5.41, 5.74) is 6.67. The number of hydrogen-bond donors (Lipinski definition) is 4. The Morgan fingerprint density at radius 2 is 1.89 bits per heavy atom. The van der Waals surface area contributed by atoms with Crippen molar-refractivity contribution in [3.63, 3.8) is 0 Å². The van der Waals surface area contributed by atoms with Gasteiger partial charge in [-0.25, -0.2) is 4.98 Å². The highest BCUT2D eigenvalue weighted by atomic mass is 35.5. The number of rotatable bonds is 5. The van der Waals surface area contributed by atoms with Crippen LogP contribution in [0.4, 0.5) is 5.82 Å². The lowest BCUT2D eigenvalue weighted by Gasteiger charge is -2.23. The van der Waals surface area contributed by atoms with Crippen LogP contribution in [0.5, 0.6) is 0 Å². The van der Waals surface area contributed by atoms with Crippen LogP contribution in [0.2, 0.25) is 0 Å².